The Hall–Kier alpha value is -3.03. The van der Waals surface area contributed by atoms with Crippen molar-refractivity contribution in [3.05, 3.63) is 30.0 Å². The molecule has 0 unspecified atom stereocenters. The molecule has 2 aliphatic rings. The maximum atomic E-state index is 5.91. The van der Waals surface area contributed by atoms with E-state index in [0.29, 0.717) is 12.4 Å². The summed E-state index contributed by atoms with van der Waals surface area (Å²) in [4.78, 5) is 11.0. The highest BCUT2D eigenvalue weighted by Crippen LogP contribution is 2.39. The largest absolute Gasteiger partial charge is 0.454 e. The smallest absolute Gasteiger partial charge is 0.231 e. The second-order valence-corrected chi connectivity index (χ2v) is 7.74. The Morgan fingerprint density at radius 1 is 1.26 bits per heavy atom. The number of anilines is 2. The molecule has 1 fully saturated rings. The number of nitrogens with one attached hydrogen (secondary N) is 1. The van der Waals surface area contributed by atoms with Crippen LogP contribution in [0.2, 0.25) is 0 Å². The van der Waals surface area contributed by atoms with Crippen LogP contribution in [0.15, 0.2) is 24.4 Å². The molecule has 2 aromatic heterocycles. The molecule has 8 heteroatoms. The van der Waals surface area contributed by atoms with E-state index in [2.05, 4.69) is 44.1 Å². The van der Waals surface area contributed by atoms with Crippen molar-refractivity contribution in [1.82, 2.24) is 20.2 Å². The van der Waals surface area contributed by atoms with Gasteiger partial charge in [-0.25, -0.2) is 0 Å². The van der Waals surface area contributed by atoms with Crippen LogP contribution in [0.3, 0.4) is 0 Å². The first-order chi connectivity index (χ1) is 13.1. The second kappa shape index (κ2) is 6.00. The standard InChI is InChI=1S/C19H22N6O2/c1-19(8-12-3-4-14-15(7-12)27-11-26-14)5-2-6-25(10-19)17-13-9-21-24-16(13)22-18(20)23-17/h3-4,7,9H,2,5-6,8,10-11H2,1H3,(H3,20,21,22,23,24)/t19-/m0/s1. The highest BCUT2D eigenvalue weighted by molar-refractivity contribution is 5.87. The van der Waals surface area contributed by atoms with Gasteiger partial charge < -0.3 is 20.1 Å². The molecule has 8 nitrogen and oxygen atoms in total. The SMILES string of the molecule is C[C@@]1(Cc2ccc3c(c2)OCO3)CCCN(c2nc(N)nc3[nH]ncc23)C1. The van der Waals surface area contributed by atoms with E-state index in [9.17, 15) is 0 Å². The van der Waals surface area contributed by atoms with Crippen LogP contribution in [0.25, 0.3) is 11.0 Å². The fraction of sp³-hybridized carbons (Fsp3) is 0.421. The molecule has 27 heavy (non-hydrogen) atoms. The van der Waals surface area contributed by atoms with Gasteiger partial charge in [0.25, 0.3) is 0 Å². The molecule has 1 saturated heterocycles. The maximum absolute atomic E-state index is 5.91. The molecule has 0 radical (unpaired) electrons. The van der Waals surface area contributed by atoms with Crippen molar-refractivity contribution in [2.45, 2.75) is 26.2 Å². The van der Waals surface area contributed by atoms with Crippen LogP contribution in [0.5, 0.6) is 11.5 Å². The summed E-state index contributed by atoms with van der Waals surface area (Å²) in [5, 5.41) is 7.90. The van der Waals surface area contributed by atoms with Crippen LogP contribution < -0.4 is 20.1 Å². The number of nitrogen functional groups attached to an aromatic ring is 1. The van der Waals surface area contributed by atoms with Crippen LogP contribution in [0.4, 0.5) is 11.8 Å². The Bertz CT molecular complexity index is 1000. The number of H-pyrrole nitrogens is 1. The van der Waals surface area contributed by atoms with Crippen molar-refractivity contribution >= 4 is 22.8 Å². The predicted molar refractivity (Wildman–Crippen MR) is 102 cm³/mol. The summed E-state index contributed by atoms with van der Waals surface area (Å²) in [6.07, 6.45) is 5.00. The molecule has 0 saturated carbocycles. The number of hydrogen-bond acceptors (Lipinski definition) is 7. The van der Waals surface area contributed by atoms with E-state index in [1.165, 1.54) is 5.56 Å². The van der Waals surface area contributed by atoms with Crippen LogP contribution >= 0.6 is 0 Å². The maximum Gasteiger partial charge on any atom is 0.231 e. The van der Waals surface area contributed by atoms with Gasteiger partial charge in [-0.05, 0) is 42.4 Å². The molecule has 5 rings (SSSR count). The number of benzene rings is 1. The number of fused-ring (bicyclic) bond motifs is 2. The van der Waals surface area contributed by atoms with Crippen LogP contribution in [0, 0.1) is 5.41 Å². The van der Waals surface area contributed by atoms with E-state index in [-0.39, 0.29) is 11.4 Å². The lowest BCUT2D eigenvalue weighted by Crippen LogP contribution is -2.43. The Morgan fingerprint density at radius 2 is 2.15 bits per heavy atom. The summed E-state index contributed by atoms with van der Waals surface area (Å²) in [5.74, 6) is 2.80. The van der Waals surface area contributed by atoms with E-state index in [1.807, 2.05) is 6.07 Å². The quantitative estimate of drug-likeness (QED) is 0.734. The van der Waals surface area contributed by atoms with Gasteiger partial charge in [0.05, 0.1) is 11.6 Å². The number of nitrogens with two attached hydrogens (primary N) is 1. The minimum atomic E-state index is 0.127. The van der Waals surface area contributed by atoms with Crippen molar-refractivity contribution in [3.8, 4) is 11.5 Å². The zero-order chi connectivity index (χ0) is 18.4. The summed E-state index contributed by atoms with van der Waals surface area (Å²) in [7, 11) is 0. The molecule has 0 spiro atoms. The van der Waals surface area contributed by atoms with Gasteiger partial charge in [0.1, 0.15) is 5.82 Å². The van der Waals surface area contributed by atoms with Crippen LogP contribution in [-0.4, -0.2) is 40.0 Å². The first-order valence-corrected chi connectivity index (χ1v) is 9.20. The van der Waals surface area contributed by atoms with E-state index in [4.69, 9.17) is 15.2 Å². The van der Waals surface area contributed by atoms with Gasteiger partial charge in [0.15, 0.2) is 17.1 Å². The first-order valence-electron chi connectivity index (χ1n) is 9.20. The van der Waals surface area contributed by atoms with Gasteiger partial charge in [-0.2, -0.15) is 15.1 Å². The molecule has 140 valence electrons. The van der Waals surface area contributed by atoms with E-state index >= 15 is 0 Å². The summed E-state index contributed by atoms with van der Waals surface area (Å²) in [5.41, 5.74) is 7.98. The molecule has 3 aromatic rings. The molecule has 0 amide bonds. The van der Waals surface area contributed by atoms with Crippen molar-refractivity contribution in [2.75, 3.05) is 30.5 Å². The highest BCUT2D eigenvalue weighted by Gasteiger charge is 2.33. The summed E-state index contributed by atoms with van der Waals surface area (Å²) >= 11 is 0. The summed E-state index contributed by atoms with van der Waals surface area (Å²) in [6.45, 7) is 4.49. The van der Waals surface area contributed by atoms with Crippen molar-refractivity contribution in [3.63, 3.8) is 0 Å². The number of ether oxygens (including phenoxy) is 2. The number of aromatic nitrogens is 4. The number of rotatable bonds is 3. The molecular weight excluding hydrogens is 344 g/mol. The molecule has 1 atom stereocenters. The van der Waals surface area contributed by atoms with Crippen LogP contribution in [0.1, 0.15) is 25.3 Å². The van der Waals surface area contributed by atoms with Crippen molar-refractivity contribution < 1.29 is 9.47 Å². The molecule has 1 aromatic carbocycles. The fourth-order valence-electron chi connectivity index (χ4n) is 4.26. The molecule has 0 aliphatic carbocycles. The highest BCUT2D eigenvalue weighted by atomic mass is 16.7. The second-order valence-electron chi connectivity index (χ2n) is 7.74. The van der Waals surface area contributed by atoms with Crippen LogP contribution in [-0.2, 0) is 6.42 Å². The Kier molecular flexibility index (Phi) is 3.60. The molecule has 4 heterocycles. The zero-order valence-corrected chi connectivity index (χ0v) is 15.2. The average Bonchev–Trinajstić information content (AvgIpc) is 3.29. The topological polar surface area (TPSA) is 102 Å². The summed E-state index contributed by atoms with van der Waals surface area (Å²) in [6, 6.07) is 6.24. The zero-order valence-electron chi connectivity index (χ0n) is 15.2. The number of aromatic amines is 1. The molecule has 0 bridgehead atoms. The average molecular weight is 366 g/mol. The minimum Gasteiger partial charge on any atom is -0.454 e. The lowest BCUT2D eigenvalue weighted by molar-refractivity contribution is 0.174. The normalized spacial score (nSPS) is 21.7. The van der Waals surface area contributed by atoms with Gasteiger partial charge in [-0.3, -0.25) is 5.10 Å². The van der Waals surface area contributed by atoms with Crippen molar-refractivity contribution in [1.29, 1.82) is 0 Å². The van der Waals surface area contributed by atoms with Gasteiger partial charge in [-0.15, -0.1) is 0 Å². The Balaban J connectivity index is 1.42. The lowest BCUT2D eigenvalue weighted by atomic mass is 9.77. The third kappa shape index (κ3) is 2.90. The minimum absolute atomic E-state index is 0.127. The molecule has 3 N–H and O–H groups in total. The van der Waals surface area contributed by atoms with E-state index in [0.717, 1.165) is 55.1 Å². The summed E-state index contributed by atoms with van der Waals surface area (Å²) < 4.78 is 11.0. The van der Waals surface area contributed by atoms with Gasteiger partial charge in [-0.1, -0.05) is 13.0 Å². The van der Waals surface area contributed by atoms with E-state index in [1.54, 1.807) is 6.20 Å². The Morgan fingerprint density at radius 3 is 3.07 bits per heavy atom. The fourth-order valence-corrected chi connectivity index (χ4v) is 4.26. The lowest BCUT2D eigenvalue weighted by Gasteiger charge is -2.41. The number of nitrogens with zero attached hydrogens (tertiary/aromatic N) is 4. The monoisotopic (exact) mass is 366 g/mol. The van der Waals surface area contributed by atoms with Crippen molar-refractivity contribution in [2.24, 2.45) is 5.41 Å². The third-order valence-corrected chi connectivity index (χ3v) is 5.46. The predicted octanol–water partition coefficient (Wildman–Crippen LogP) is 2.51. The Labute approximate surface area is 156 Å². The molecule has 2 aliphatic heterocycles. The number of hydrogen-bond donors (Lipinski definition) is 2. The van der Waals surface area contributed by atoms with Gasteiger partial charge in [0.2, 0.25) is 12.7 Å². The van der Waals surface area contributed by atoms with E-state index < -0.39 is 0 Å². The van der Waals surface area contributed by atoms with Gasteiger partial charge in [0, 0.05) is 13.1 Å². The van der Waals surface area contributed by atoms with Gasteiger partial charge >= 0.3 is 0 Å². The number of piperidine rings is 1. The molecular formula is C19H22N6O2. The third-order valence-electron chi connectivity index (χ3n) is 5.46. The first kappa shape index (κ1) is 16.2.